The number of amides is 1. The van der Waals surface area contributed by atoms with Gasteiger partial charge in [-0.2, -0.15) is 0 Å². The molecule has 114 valence electrons. The van der Waals surface area contributed by atoms with E-state index < -0.39 is 23.4 Å². The van der Waals surface area contributed by atoms with Gasteiger partial charge in [0.05, 0.1) is 19.8 Å². The molecule has 0 bridgehead atoms. The van der Waals surface area contributed by atoms with Crippen molar-refractivity contribution in [3.8, 4) is 0 Å². The lowest BCUT2D eigenvalue weighted by molar-refractivity contribution is -0.162. The lowest BCUT2D eigenvalue weighted by Gasteiger charge is -2.25. The van der Waals surface area contributed by atoms with Gasteiger partial charge in [-0.05, 0) is 6.92 Å². The van der Waals surface area contributed by atoms with Crippen LogP contribution in [0.5, 0.6) is 0 Å². The summed E-state index contributed by atoms with van der Waals surface area (Å²) in [5, 5.41) is 0. The van der Waals surface area contributed by atoms with E-state index >= 15 is 0 Å². The zero-order chi connectivity index (χ0) is 15.2. The molecule has 1 aliphatic heterocycles. The number of rotatable bonds is 8. The Morgan fingerprint density at radius 1 is 1.30 bits per heavy atom. The number of carbonyl (C=O) groups is 3. The first kappa shape index (κ1) is 16.4. The Morgan fingerprint density at radius 3 is 2.35 bits per heavy atom. The first-order valence-electron chi connectivity index (χ1n) is 6.07. The molecule has 0 aliphatic carbocycles. The summed E-state index contributed by atoms with van der Waals surface area (Å²) in [5.41, 5.74) is -0.912. The highest BCUT2D eigenvalue weighted by Gasteiger charge is 2.36. The van der Waals surface area contributed by atoms with Crippen molar-refractivity contribution in [3.63, 3.8) is 0 Å². The van der Waals surface area contributed by atoms with E-state index in [1.807, 2.05) is 0 Å². The molecule has 0 atom stereocenters. The summed E-state index contributed by atoms with van der Waals surface area (Å²) in [6.07, 6.45) is -0.720. The Balaban J connectivity index is 2.41. The van der Waals surface area contributed by atoms with Crippen LogP contribution in [0.25, 0.3) is 0 Å². The number of hydrogen-bond acceptors (Lipinski definition) is 7. The van der Waals surface area contributed by atoms with Gasteiger partial charge in [0.2, 0.25) is 0 Å². The Labute approximate surface area is 116 Å². The van der Waals surface area contributed by atoms with Gasteiger partial charge in [0, 0.05) is 14.2 Å². The maximum atomic E-state index is 12.0. The quantitative estimate of drug-likeness (QED) is 0.451. The number of ether oxygens (including phenoxy) is 4. The van der Waals surface area contributed by atoms with Crippen LogP contribution in [0.3, 0.4) is 0 Å². The second-order valence-electron chi connectivity index (χ2n) is 4.72. The van der Waals surface area contributed by atoms with Crippen LogP contribution in [-0.4, -0.2) is 70.1 Å². The molecule has 1 fully saturated rings. The molecular formula is C12H19NO7. The number of nitrogens with zero attached hydrogens (tertiary/aromatic N) is 1. The van der Waals surface area contributed by atoms with Gasteiger partial charge in [0.15, 0.2) is 0 Å². The van der Waals surface area contributed by atoms with Crippen LogP contribution < -0.4 is 0 Å². The molecule has 1 rings (SSSR count). The van der Waals surface area contributed by atoms with E-state index in [1.54, 1.807) is 6.92 Å². The molecule has 0 aromatic rings. The smallest absolute Gasteiger partial charge is 0.418 e. The highest BCUT2D eigenvalue weighted by molar-refractivity contribution is 5.92. The summed E-state index contributed by atoms with van der Waals surface area (Å²) in [6.45, 7) is 1.93. The summed E-state index contributed by atoms with van der Waals surface area (Å²) in [5.74, 6) is -1.09. The SMILES string of the molecule is COCC(C)(COC)C(=O)OCCN1CC(=O)OC1=O. The fourth-order valence-electron chi connectivity index (χ4n) is 1.80. The minimum atomic E-state index is -0.912. The molecule has 8 heteroatoms. The first-order valence-corrected chi connectivity index (χ1v) is 6.07. The van der Waals surface area contributed by atoms with Crippen molar-refractivity contribution in [1.82, 2.24) is 4.90 Å². The van der Waals surface area contributed by atoms with Crippen LogP contribution >= 0.6 is 0 Å². The minimum absolute atomic E-state index is 0.0236. The third-order valence-electron chi connectivity index (χ3n) is 2.79. The lowest BCUT2D eigenvalue weighted by atomic mass is 9.93. The number of esters is 2. The Morgan fingerprint density at radius 2 is 1.90 bits per heavy atom. The Hall–Kier alpha value is -1.67. The van der Waals surface area contributed by atoms with Crippen molar-refractivity contribution in [2.45, 2.75) is 6.92 Å². The molecule has 0 unspecified atom stereocenters. The highest BCUT2D eigenvalue weighted by Crippen LogP contribution is 2.19. The molecule has 1 aliphatic rings. The molecule has 0 aromatic heterocycles. The Bertz CT molecular complexity index is 376. The zero-order valence-electron chi connectivity index (χ0n) is 11.8. The molecule has 20 heavy (non-hydrogen) atoms. The van der Waals surface area contributed by atoms with Crippen molar-refractivity contribution in [3.05, 3.63) is 0 Å². The molecule has 0 saturated carbocycles. The highest BCUT2D eigenvalue weighted by atomic mass is 16.6. The van der Waals surface area contributed by atoms with Gasteiger partial charge in [0.25, 0.3) is 0 Å². The van der Waals surface area contributed by atoms with Crippen molar-refractivity contribution in [2.75, 3.05) is 47.1 Å². The predicted octanol–water partition coefficient (Wildman–Crippen LogP) is -0.192. The van der Waals surface area contributed by atoms with E-state index in [0.29, 0.717) is 0 Å². The summed E-state index contributed by atoms with van der Waals surface area (Å²) in [6, 6.07) is 0. The number of cyclic esters (lactones) is 2. The minimum Gasteiger partial charge on any atom is -0.463 e. The lowest BCUT2D eigenvalue weighted by Crippen LogP contribution is -2.40. The van der Waals surface area contributed by atoms with Gasteiger partial charge >= 0.3 is 18.0 Å². The molecule has 1 heterocycles. The summed E-state index contributed by atoms with van der Waals surface area (Å²) in [4.78, 5) is 35.2. The molecule has 0 spiro atoms. The van der Waals surface area contributed by atoms with Gasteiger partial charge in [-0.15, -0.1) is 0 Å². The topological polar surface area (TPSA) is 91.4 Å². The molecule has 0 aromatic carbocycles. The summed E-state index contributed by atoms with van der Waals surface area (Å²) in [7, 11) is 2.96. The number of carbonyl (C=O) groups excluding carboxylic acids is 3. The maximum absolute atomic E-state index is 12.0. The van der Waals surface area contributed by atoms with Gasteiger partial charge in [-0.3, -0.25) is 9.69 Å². The van der Waals surface area contributed by atoms with E-state index in [2.05, 4.69) is 4.74 Å². The third kappa shape index (κ3) is 4.17. The average Bonchev–Trinajstić information content (AvgIpc) is 2.68. The van der Waals surface area contributed by atoms with Crippen LogP contribution in [-0.2, 0) is 28.5 Å². The molecule has 1 amide bonds. The second kappa shape index (κ2) is 7.20. The molecular weight excluding hydrogens is 270 g/mol. The van der Waals surface area contributed by atoms with E-state index in [4.69, 9.17) is 14.2 Å². The van der Waals surface area contributed by atoms with Crippen LogP contribution in [0.15, 0.2) is 0 Å². The summed E-state index contributed by atoms with van der Waals surface area (Å²) >= 11 is 0. The monoisotopic (exact) mass is 289 g/mol. The number of methoxy groups -OCH3 is 2. The first-order chi connectivity index (χ1) is 9.42. The average molecular weight is 289 g/mol. The standard InChI is InChI=1S/C12H19NO7/c1-12(7-17-2,8-18-3)10(15)19-5-4-13-6-9(14)20-11(13)16/h4-8H2,1-3H3. The molecule has 0 N–H and O–H groups in total. The third-order valence-corrected chi connectivity index (χ3v) is 2.79. The van der Waals surface area contributed by atoms with Crippen LogP contribution in [0.4, 0.5) is 4.79 Å². The van der Waals surface area contributed by atoms with E-state index in [1.165, 1.54) is 19.1 Å². The van der Waals surface area contributed by atoms with E-state index in [9.17, 15) is 14.4 Å². The fourth-order valence-corrected chi connectivity index (χ4v) is 1.80. The van der Waals surface area contributed by atoms with Gasteiger partial charge in [-0.1, -0.05) is 0 Å². The summed E-state index contributed by atoms with van der Waals surface area (Å²) < 4.78 is 19.4. The van der Waals surface area contributed by atoms with Gasteiger partial charge in [-0.25, -0.2) is 9.59 Å². The fraction of sp³-hybridized carbons (Fsp3) is 0.750. The van der Waals surface area contributed by atoms with Crippen molar-refractivity contribution in [1.29, 1.82) is 0 Å². The van der Waals surface area contributed by atoms with Crippen LogP contribution in [0, 0.1) is 5.41 Å². The van der Waals surface area contributed by atoms with Crippen molar-refractivity contribution in [2.24, 2.45) is 5.41 Å². The van der Waals surface area contributed by atoms with Gasteiger partial charge < -0.3 is 18.9 Å². The molecule has 8 nitrogen and oxygen atoms in total. The Kier molecular flexibility index (Phi) is 5.90. The predicted molar refractivity (Wildman–Crippen MR) is 65.9 cm³/mol. The van der Waals surface area contributed by atoms with Crippen molar-refractivity contribution < 1.29 is 33.3 Å². The molecule has 0 radical (unpaired) electrons. The van der Waals surface area contributed by atoms with E-state index in [-0.39, 0.29) is 32.9 Å². The zero-order valence-corrected chi connectivity index (χ0v) is 11.8. The maximum Gasteiger partial charge on any atom is 0.418 e. The second-order valence-corrected chi connectivity index (χ2v) is 4.72. The normalized spacial score (nSPS) is 15.4. The largest absolute Gasteiger partial charge is 0.463 e. The van der Waals surface area contributed by atoms with Gasteiger partial charge in [0.1, 0.15) is 18.6 Å². The van der Waals surface area contributed by atoms with E-state index in [0.717, 1.165) is 0 Å². The van der Waals surface area contributed by atoms with Crippen LogP contribution in [0.2, 0.25) is 0 Å². The van der Waals surface area contributed by atoms with Crippen LogP contribution in [0.1, 0.15) is 6.92 Å². The van der Waals surface area contributed by atoms with Crippen molar-refractivity contribution >= 4 is 18.0 Å². The molecule has 1 saturated heterocycles. The number of hydrogen-bond donors (Lipinski definition) is 0.